The minimum Gasteiger partial charge on any atom is -0.337 e. The SMILES string of the molecule is Cc1nc2nccn2c(-c2ccccc2)c1C(=O)N(C)Cc1cc(C(F)(F)F)cc(C(F)(F)F)c1. The Kier molecular flexibility index (Phi) is 6.04. The van der Waals surface area contributed by atoms with E-state index in [1.54, 1.807) is 47.9 Å². The largest absolute Gasteiger partial charge is 0.416 e. The number of halogens is 6. The summed E-state index contributed by atoms with van der Waals surface area (Å²) in [5, 5.41) is 0. The van der Waals surface area contributed by atoms with Crippen molar-refractivity contribution in [2.45, 2.75) is 25.8 Å². The maximum Gasteiger partial charge on any atom is 0.416 e. The van der Waals surface area contributed by atoms with Crippen LogP contribution in [0.1, 0.15) is 32.7 Å². The molecule has 0 bridgehead atoms. The molecule has 0 aliphatic rings. The second-order valence-corrected chi connectivity index (χ2v) is 7.96. The average molecular weight is 492 g/mol. The van der Waals surface area contributed by atoms with Crippen LogP contribution in [0.25, 0.3) is 17.0 Å². The summed E-state index contributed by atoms with van der Waals surface area (Å²) in [6.07, 6.45) is -6.84. The Morgan fingerprint density at radius 2 is 1.57 bits per heavy atom. The van der Waals surface area contributed by atoms with Crippen molar-refractivity contribution in [1.82, 2.24) is 19.3 Å². The normalized spacial score (nSPS) is 12.2. The molecule has 0 atom stereocenters. The van der Waals surface area contributed by atoms with E-state index in [2.05, 4.69) is 9.97 Å². The smallest absolute Gasteiger partial charge is 0.337 e. The van der Waals surface area contributed by atoms with Gasteiger partial charge in [0, 0.05) is 26.0 Å². The Morgan fingerprint density at radius 1 is 0.971 bits per heavy atom. The zero-order chi connectivity index (χ0) is 25.5. The molecule has 0 unspecified atom stereocenters. The number of imidazole rings is 1. The van der Waals surface area contributed by atoms with Gasteiger partial charge in [0.15, 0.2) is 0 Å². The van der Waals surface area contributed by atoms with Crippen LogP contribution in [0.2, 0.25) is 0 Å². The van der Waals surface area contributed by atoms with E-state index in [0.29, 0.717) is 34.9 Å². The van der Waals surface area contributed by atoms with Crippen LogP contribution in [0.4, 0.5) is 26.3 Å². The lowest BCUT2D eigenvalue weighted by molar-refractivity contribution is -0.143. The average Bonchev–Trinajstić information content (AvgIpc) is 3.24. The van der Waals surface area contributed by atoms with Crippen LogP contribution >= 0.6 is 0 Å². The lowest BCUT2D eigenvalue weighted by Gasteiger charge is -2.22. The first-order valence-corrected chi connectivity index (χ1v) is 10.3. The van der Waals surface area contributed by atoms with E-state index in [1.807, 2.05) is 0 Å². The topological polar surface area (TPSA) is 50.5 Å². The summed E-state index contributed by atoms with van der Waals surface area (Å²) in [6.45, 7) is 1.11. The van der Waals surface area contributed by atoms with Crippen molar-refractivity contribution in [2.75, 3.05) is 7.05 Å². The van der Waals surface area contributed by atoms with Crippen molar-refractivity contribution in [3.8, 4) is 11.3 Å². The number of fused-ring (bicyclic) bond motifs is 1. The molecule has 0 saturated carbocycles. The number of carbonyl (C=O) groups excluding carboxylic acids is 1. The lowest BCUT2D eigenvalue weighted by Crippen LogP contribution is -2.29. The molecule has 0 aliphatic heterocycles. The van der Waals surface area contributed by atoms with Crippen LogP contribution in [0.5, 0.6) is 0 Å². The molecule has 182 valence electrons. The van der Waals surface area contributed by atoms with Gasteiger partial charge in [-0.05, 0) is 36.2 Å². The highest BCUT2D eigenvalue weighted by Gasteiger charge is 2.37. The molecule has 5 nitrogen and oxygen atoms in total. The molecule has 0 aliphatic carbocycles. The molecular formula is C24H18F6N4O. The third-order valence-electron chi connectivity index (χ3n) is 5.40. The molecule has 0 radical (unpaired) electrons. The predicted molar refractivity (Wildman–Crippen MR) is 115 cm³/mol. The third kappa shape index (κ3) is 4.84. The van der Waals surface area contributed by atoms with Gasteiger partial charge in [0.1, 0.15) is 0 Å². The number of amides is 1. The van der Waals surface area contributed by atoms with Crippen molar-refractivity contribution in [1.29, 1.82) is 0 Å². The fourth-order valence-electron chi connectivity index (χ4n) is 3.83. The number of hydrogen-bond acceptors (Lipinski definition) is 3. The van der Waals surface area contributed by atoms with E-state index in [9.17, 15) is 31.1 Å². The minimum absolute atomic E-state index is 0.0554. The number of rotatable bonds is 4. The third-order valence-corrected chi connectivity index (χ3v) is 5.40. The minimum atomic E-state index is -4.98. The van der Waals surface area contributed by atoms with Gasteiger partial charge in [0.05, 0.1) is 28.1 Å². The van der Waals surface area contributed by atoms with Crippen LogP contribution in [0, 0.1) is 6.92 Å². The summed E-state index contributed by atoms with van der Waals surface area (Å²) in [5.41, 5.74) is -1.58. The zero-order valence-electron chi connectivity index (χ0n) is 18.4. The van der Waals surface area contributed by atoms with E-state index >= 15 is 0 Å². The molecule has 4 aromatic rings. The number of hydrogen-bond donors (Lipinski definition) is 0. The number of aromatic nitrogens is 3. The first-order valence-electron chi connectivity index (χ1n) is 10.3. The number of aryl methyl sites for hydroxylation is 1. The van der Waals surface area contributed by atoms with Gasteiger partial charge in [0.2, 0.25) is 5.78 Å². The molecule has 1 amide bonds. The van der Waals surface area contributed by atoms with Crippen LogP contribution in [-0.4, -0.2) is 32.2 Å². The molecule has 0 fully saturated rings. The fourth-order valence-corrected chi connectivity index (χ4v) is 3.83. The van der Waals surface area contributed by atoms with Crippen LogP contribution in [0.15, 0.2) is 60.9 Å². The van der Waals surface area contributed by atoms with E-state index in [4.69, 9.17) is 0 Å². The standard InChI is InChI=1S/C24H18F6N4O/c1-14-19(20(16-6-4-3-5-7-16)34-9-8-31-22(34)32-14)21(35)33(2)13-15-10-17(23(25,26)27)12-18(11-15)24(28,29)30/h3-12H,13H2,1-2H3. The summed E-state index contributed by atoms with van der Waals surface area (Å²) in [5.74, 6) is -0.274. The summed E-state index contributed by atoms with van der Waals surface area (Å²) < 4.78 is 81.1. The van der Waals surface area contributed by atoms with Gasteiger partial charge in [-0.1, -0.05) is 30.3 Å². The summed E-state index contributed by atoms with van der Waals surface area (Å²) in [7, 11) is 1.31. The molecule has 0 N–H and O–H groups in total. The Balaban J connectivity index is 1.78. The van der Waals surface area contributed by atoms with Crippen molar-refractivity contribution in [3.63, 3.8) is 0 Å². The van der Waals surface area contributed by atoms with E-state index in [1.165, 1.54) is 13.2 Å². The second-order valence-electron chi connectivity index (χ2n) is 7.96. The van der Waals surface area contributed by atoms with Gasteiger partial charge in [-0.2, -0.15) is 26.3 Å². The van der Waals surface area contributed by atoms with Crippen molar-refractivity contribution in [3.05, 3.63) is 88.9 Å². The highest BCUT2D eigenvalue weighted by Crippen LogP contribution is 2.37. The monoisotopic (exact) mass is 492 g/mol. The molecule has 35 heavy (non-hydrogen) atoms. The summed E-state index contributed by atoms with van der Waals surface area (Å²) >= 11 is 0. The Labute approximate surface area is 195 Å². The summed E-state index contributed by atoms with van der Waals surface area (Å²) in [6, 6.07) is 10.2. The summed E-state index contributed by atoms with van der Waals surface area (Å²) in [4.78, 5) is 23.1. The van der Waals surface area contributed by atoms with Gasteiger partial charge in [-0.25, -0.2) is 9.97 Å². The quantitative estimate of drug-likeness (QED) is 0.328. The van der Waals surface area contributed by atoms with Crippen molar-refractivity contribution >= 4 is 11.7 Å². The van der Waals surface area contributed by atoms with Crippen molar-refractivity contribution < 1.29 is 31.1 Å². The van der Waals surface area contributed by atoms with Crippen LogP contribution in [0.3, 0.4) is 0 Å². The van der Waals surface area contributed by atoms with Gasteiger partial charge in [-0.15, -0.1) is 0 Å². The lowest BCUT2D eigenvalue weighted by atomic mass is 10.0. The van der Waals surface area contributed by atoms with E-state index in [-0.39, 0.29) is 17.2 Å². The first kappa shape index (κ1) is 24.2. The Hall–Kier alpha value is -3.89. The Bertz CT molecular complexity index is 1360. The zero-order valence-corrected chi connectivity index (χ0v) is 18.4. The number of nitrogens with zero attached hydrogens (tertiary/aromatic N) is 4. The molecule has 11 heteroatoms. The predicted octanol–water partition coefficient (Wildman–Crippen LogP) is 6.01. The van der Waals surface area contributed by atoms with Crippen LogP contribution in [-0.2, 0) is 18.9 Å². The van der Waals surface area contributed by atoms with Gasteiger partial charge in [0.25, 0.3) is 5.91 Å². The molecular weight excluding hydrogens is 474 g/mol. The van der Waals surface area contributed by atoms with Crippen LogP contribution < -0.4 is 0 Å². The second kappa shape index (κ2) is 8.71. The maximum absolute atomic E-state index is 13.5. The van der Waals surface area contributed by atoms with Crippen molar-refractivity contribution in [2.24, 2.45) is 0 Å². The number of benzene rings is 2. The molecule has 2 heterocycles. The molecule has 4 rings (SSSR count). The van der Waals surface area contributed by atoms with Gasteiger partial charge < -0.3 is 4.90 Å². The fraction of sp³-hybridized carbons (Fsp3) is 0.208. The number of carbonyl (C=O) groups is 1. The first-order chi connectivity index (χ1) is 16.4. The van der Waals surface area contributed by atoms with Gasteiger partial charge in [-0.3, -0.25) is 9.20 Å². The maximum atomic E-state index is 13.5. The highest BCUT2D eigenvalue weighted by atomic mass is 19.4. The number of alkyl halides is 6. The van der Waals surface area contributed by atoms with Gasteiger partial charge >= 0.3 is 12.4 Å². The molecule has 0 spiro atoms. The Morgan fingerprint density at radius 3 is 2.14 bits per heavy atom. The van der Waals surface area contributed by atoms with E-state index < -0.39 is 35.9 Å². The van der Waals surface area contributed by atoms with E-state index in [0.717, 1.165) is 4.90 Å². The molecule has 2 aromatic carbocycles. The highest BCUT2D eigenvalue weighted by molar-refractivity contribution is 6.01. The molecule has 2 aromatic heterocycles. The molecule has 0 saturated heterocycles.